The number of anilines is 1. The minimum absolute atomic E-state index is 0.0487. The Morgan fingerprint density at radius 3 is 2.18 bits per heavy atom. The molecule has 168 valence electrons. The molecule has 0 aromatic heterocycles. The molecule has 0 heterocycles. The van der Waals surface area contributed by atoms with Gasteiger partial charge in [0.25, 0.3) is 5.91 Å². The summed E-state index contributed by atoms with van der Waals surface area (Å²) in [5.41, 5.74) is 5.02. The van der Waals surface area contributed by atoms with Crippen LogP contribution in [0.15, 0.2) is 60.7 Å². The van der Waals surface area contributed by atoms with Crippen molar-refractivity contribution >= 4 is 23.0 Å². The van der Waals surface area contributed by atoms with E-state index >= 15 is 0 Å². The molecule has 0 saturated heterocycles. The second-order valence-electron chi connectivity index (χ2n) is 9.16. The Morgan fingerprint density at radius 2 is 1.58 bits per heavy atom. The van der Waals surface area contributed by atoms with Crippen LogP contribution < -0.4 is 5.32 Å². The van der Waals surface area contributed by atoms with Crippen molar-refractivity contribution in [3.63, 3.8) is 0 Å². The number of Topliss-reactive ketones (excluding diaryl/α,β-unsaturated/α-hetero) is 1. The Morgan fingerprint density at radius 1 is 0.939 bits per heavy atom. The van der Waals surface area contributed by atoms with Gasteiger partial charge in [-0.15, -0.1) is 0 Å². The molecule has 3 aromatic rings. The van der Waals surface area contributed by atoms with Gasteiger partial charge in [-0.3, -0.25) is 9.59 Å². The standard InChI is InChI=1S/C28H25F2NO2/c1-16-5-7-18(8-6-16)21-11-12-28(3,4)23-10-9-19(13-22(21)23)27(33)31-20-14-24(29)26(17(2)32)25(30)15-20/h5-11,13-15H,12H2,1-4H3,(H,31,33). The van der Waals surface area contributed by atoms with Gasteiger partial charge in [0.2, 0.25) is 0 Å². The number of halogens is 2. The van der Waals surface area contributed by atoms with E-state index in [1.807, 2.05) is 19.1 Å². The van der Waals surface area contributed by atoms with E-state index in [0.717, 1.165) is 47.7 Å². The van der Waals surface area contributed by atoms with E-state index < -0.39 is 28.9 Å². The van der Waals surface area contributed by atoms with Crippen molar-refractivity contribution in [2.45, 2.75) is 39.5 Å². The third-order valence-electron chi connectivity index (χ3n) is 6.13. The summed E-state index contributed by atoms with van der Waals surface area (Å²) in [6.45, 7) is 7.45. The van der Waals surface area contributed by atoms with Crippen LogP contribution in [-0.4, -0.2) is 11.7 Å². The van der Waals surface area contributed by atoms with Gasteiger partial charge in [0.15, 0.2) is 5.78 Å². The number of allylic oxidation sites excluding steroid dienone is 1. The number of rotatable bonds is 4. The summed E-state index contributed by atoms with van der Waals surface area (Å²) in [4.78, 5) is 24.4. The van der Waals surface area contributed by atoms with E-state index in [1.165, 1.54) is 5.56 Å². The van der Waals surface area contributed by atoms with Crippen LogP contribution in [0.5, 0.6) is 0 Å². The molecule has 1 N–H and O–H groups in total. The monoisotopic (exact) mass is 445 g/mol. The number of hydrogen-bond acceptors (Lipinski definition) is 2. The molecule has 1 aliphatic rings. The molecule has 0 spiro atoms. The summed E-state index contributed by atoms with van der Waals surface area (Å²) in [5, 5.41) is 2.55. The van der Waals surface area contributed by atoms with Crippen molar-refractivity contribution in [2.75, 3.05) is 5.32 Å². The SMILES string of the molecule is CC(=O)c1c(F)cc(NC(=O)c2ccc3c(c2)C(c2ccc(C)cc2)=CCC3(C)C)cc1F. The molecule has 0 unspecified atom stereocenters. The largest absolute Gasteiger partial charge is 0.322 e. The van der Waals surface area contributed by atoms with Crippen molar-refractivity contribution in [3.05, 3.63) is 106 Å². The second kappa shape index (κ2) is 8.39. The smallest absolute Gasteiger partial charge is 0.255 e. The van der Waals surface area contributed by atoms with E-state index in [2.05, 4.69) is 49.5 Å². The van der Waals surface area contributed by atoms with Gasteiger partial charge in [0.05, 0.1) is 5.56 Å². The van der Waals surface area contributed by atoms with E-state index in [9.17, 15) is 18.4 Å². The number of amides is 1. The van der Waals surface area contributed by atoms with E-state index in [4.69, 9.17) is 0 Å². The summed E-state index contributed by atoms with van der Waals surface area (Å²) >= 11 is 0. The molecule has 0 radical (unpaired) electrons. The van der Waals surface area contributed by atoms with Crippen LogP contribution in [-0.2, 0) is 5.41 Å². The average molecular weight is 446 g/mol. The third-order valence-corrected chi connectivity index (χ3v) is 6.13. The number of hydrogen-bond donors (Lipinski definition) is 1. The predicted octanol–water partition coefficient (Wildman–Crippen LogP) is 6.84. The summed E-state index contributed by atoms with van der Waals surface area (Å²) < 4.78 is 28.3. The van der Waals surface area contributed by atoms with E-state index in [-0.39, 0.29) is 11.1 Å². The first-order valence-electron chi connectivity index (χ1n) is 10.8. The first kappa shape index (κ1) is 22.6. The molecule has 5 heteroatoms. The molecule has 0 aliphatic heterocycles. The van der Waals surface area contributed by atoms with Crippen LogP contribution >= 0.6 is 0 Å². The molecule has 4 rings (SSSR count). The summed E-state index contributed by atoms with van der Waals surface area (Å²) in [6, 6.07) is 15.7. The fraction of sp³-hybridized carbons (Fsp3) is 0.214. The second-order valence-corrected chi connectivity index (χ2v) is 9.16. The topological polar surface area (TPSA) is 46.2 Å². The van der Waals surface area contributed by atoms with Crippen molar-refractivity contribution in [3.8, 4) is 0 Å². The molecule has 1 aliphatic carbocycles. The van der Waals surface area contributed by atoms with Gasteiger partial charge in [-0.25, -0.2) is 8.78 Å². The number of fused-ring (bicyclic) bond motifs is 1. The maximum Gasteiger partial charge on any atom is 0.255 e. The predicted molar refractivity (Wildman–Crippen MR) is 127 cm³/mol. The van der Waals surface area contributed by atoms with Gasteiger partial charge in [0, 0.05) is 11.3 Å². The van der Waals surface area contributed by atoms with Gasteiger partial charge in [-0.2, -0.15) is 0 Å². The summed E-state index contributed by atoms with van der Waals surface area (Å²) in [5.74, 6) is -3.21. The van der Waals surface area contributed by atoms with E-state index in [1.54, 1.807) is 6.07 Å². The minimum Gasteiger partial charge on any atom is -0.322 e. The Balaban J connectivity index is 1.70. The molecular weight excluding hydrogens is 420 g/mol. The minimum atomic E-state index is -1.01. The molecule has 3 nitrogen and oxygen atoms in total. The van der Waals surface area contributed by atoms with E-state index in [0.29, 0.717) is 5.56 Å². The van der Waals surface area contributed by atoms with Gasteiger partial charge in [-0.1, -0.05) is 55.8 Å². The zero-order valence-electron chi connectivity index (χ0n) is 19.1. The Bertz CT molecular complexity index is 1280. The number of aryl methyl sites for hydroxylation is 1. The number of carbonyl (C=O) groups is 2. The van der Waals surface area contributed by atoms with Crippen molar-refractivity contribution in [1.29, 1.82) is 0 Å². The first-order valence-corrected chi connectivity index (χ1v) is 10.8. The molecule has 1 amide bonds. The number of benzene rings is 3. The highest BCUT2D eigenvalue weighted by atomic mass is 19.1. The summed E-state index contributed by atoms with van der Waals surface area (Å²) in [6.07, 6.45) is 3.07. The lowest BCUT2D eigenvalue weighted by molar-refractivity contribution is 0.100. The number of nitrogens with one attached hydrogen (secondary N) is 1. The van der Waals surface area contributed by atoms with Gasteiger partial charge in [0.1, 0.15) is 11.6 Å². The highest BCUT2D eigenvalue weighted by molar-refractivity contribution is 6.05. The molecule has 0 fully saturated rings. The molecule has 3 aromatic carbocycles. The van der Waals surface area contributed by atoms with Gasteiger partial charge < -0.3 is 5.32 Å². The fourth-order valence-corrected chi connectivity index (χ4v) is 4.27. The van der Waals surface area contributed by atoms with Crippen LogP contribution in [0.2, 0.25) is 0 Å². The van der Waals surface area contributed by atoms with Crippen LogP contribution in [0, 0.1) is 18.6 Å². The molecule has 0 saturated carbocycles. The van der Waals surface area contributed by atoms with Crippen LogP contribution in [0.3, 0.4) is 0 Å². The number of ketones is 1. The van der Waals surface area contributed by atoms with Gasteiger partial charge in [-0.05, 0) is 72.2 Å². The lowest BCUT2D eigenvalue weighted by Crippen LogP contribution is -2.23. The lowest BCUT2D eigenvalue weighted by atomic mass is 9.72. The maximum atomic E-state index is 14.2. The Kier molecular flexibility index (Phi) is 5.75. The molecule has 33 heavy (non-hydrogen) atoms. The number of carbonyl (C=O) groups excluding carboxylic acids is 2. The van der Waals surface area contributed by atoms with Gasteiger partial charge >= 0.3 is 0 Å². The van der Waals surface area contributed by atoms with Crippen LogP contribution in [0.25, 0.3) is 5.57 Å². The molecule has 0 bridgehead atoms. The highest BCUT2D eigenvalue weighted by Gasteiger charge is 2.29. The highest BCUT2D eigenvalue weighted by Crippen LogP contribution is 2.41. The third kappa shape index (κ3) is 4.36. The van der Waals surface area contributed by atoms with Crippen molar-refractivity contribution in [2.24, 2.45) is 0 Å². The lowest BCUT2D eigenvalue weighted by Gasteiger charge is -2.32. The molecule has 0 atom stereocenters. The zero-order chi connectivity index (χ0) is 23.9. The Hall–Kier alpha value is -3.60. The molecular formula is C28H25F2NO2. The first-order chi connectivity index (χ1) is 15.6. The van der Waals surface area contributed by atoms with Crippen molar-refractivity contribution < 1.29 is 18.4 Å². The van der Waals surface area contributed by atoms with Crippen LogP contribution in [0.4, 0.5) is 14.5 Å². The van der Waals surface area contributed by atoms with Crippen molar-refractivity contribution in [1.82, 2.24) is 0 Å². The average Bonchev–Trinajstić information content (AvgIpc) is 2.73. The normalized spacial score (nSPS) is 14.3. The quantitative estimate of drug-likeness (QED) is 0.447. The summed E-state index contributed by atoms with van der Waals surface area (Å²) in [7, 11) is 0. The zero-order valence-corrected chi connectivity index (χ0v) is 19.1. The maximum absolute atomic E-state index is 14.2. The fourth-order valence-electron chi connectivity index (χ4n) is 4.27. The Labute approximate surface area is 192 Å². The van der Waals surface area contributed by atoms with Crippen LogP contribution in [0.1, 0.15) is 70.2 Å².